The van der Waals surface area contributed by atoms with Crippen LogP contribution < -0.4 is 10.6 Å². The fraction of sp³-hybridized carbons (Fsp3) is 0.444. The van der Waals surface area contributed by atoms with E-state index < -0.39 is 0 Å². The Bertz CT molecular complexity index is 326. The second kappa shape index (κ2) is 4.06. The fourth-order valence-corrected chi connectivity index (χ4v) is 1.55. The Morgan fingerprint density at radius 2 is 2.07 bits per heavy atom. The minimum absolute atomic E-state index is 0.484. The van der Waals surface area contributed by atoms with E-state index in [0.717, 1.165) is 37.0 Å². The lowest BCUT2D eigenvalue weighted by molar-refractivity contribution is 0.122. The molecule has 1 saturated heterocycles. The van der Waals surface area contributed by atoms with E-state index in [1.54, 1.807) is 0 Å². The van der Waals surface area contributed by atoms with Gasteiger partial charge in [0.15, 0.2) is 0 Å². The molecule has 2 rings (SSSR count). The highest BCUT2D eigenvalue weighted by Gasteiger charge is 2.12. The fourth-order valence-electron chi connectivity index (χ4n) is 1.43. The number of nitrogen functional groups attached to an aromatic ring is 1. The van der Waals surface area contributed by atoms with E-state index in [9.17, 15) is 0 Å². The van der Waals surface area contributed by atoms with E-state index in [-0.39, 0.29) is 0 Å². The third-order valence-electron chi connectivity index (χ3n) is 2.22. The molecule has 0 aromatic carbocycles. The molecule has 2 heterocycles. The molecule has 4 nitrogen and oxygen atoms in total. The van der Waals surface area contributed by atoms with E-state index in [1.807, 2.05) is 12.1 Å². The standard InChI is InChI=1S/C9H13N3OS/c10-9-7(14)1-2-8(11-9)12-3-5-13-6-4-12/h1-2,14H,3-6H2,(H2,10,11). The second-order valence-electron chi connectivity index (χ2n) is 3.17. The van der Waals surface area contributed by atoms with Gasteiger partial charge in [-0.3, -0.25) is 0 Å². The molecule has 1 fully saturated rings. The van der Waals surface area contributed by atoms with Crippen LogP contribution in [0.15, 0.2) is 17.0 Å². The van der Waals surface area contributed by atoms with Gasteiger partial charge in [0, 0.05) is 18.0 Å². The minimum atomic E-state index is 0.484. The highest BCUT2D eigenvalue weighted by molar-refractivity contribution is 7.80. The van der Waals surface area contributed by atoms with Crippen molar-refractivity contribution in [3.8, 4) is 0 Å². The van der Waals surface area contributed by atoms with Crippen LogP contribution in [0.2, 0.25) is 0 Å². The number of ether oxygens (including phenoxy) is 1. The maximum Gasteiger partial charge on any atom is 0.139 e. The van der Waals surface area contributed by atoms with Crippen molar-refractivity contribution in [2.45, 2.75) is 4.90 Å². The van der Waals surface area contributed by atoms with E-state index in [0.29, 0.717) is 5.82 Å². The minimum Gasteiger partial charge on any atom is -0.383 e. The number of hydrogen-bond donors (Lipinski definition) is 2. The predicted molar refractivity (Wildman–Crippen MR) is 58.9 cm³/mol. The molecule has 1 aromatic rings. The van der Waals surface area contributed by atoms with Gasteiger partial charge in [0.05, 0.1) is 13.2 Å². The number of aromatic nitrogens is 1. The van der Waals surface area contributed by atoms with Crippen molar-refractivity contribution in [2.24, 2.45) is 0 Å². The van der Waals surface area contributed by atoms with Gasteiger partial charge in [-0.05, 0) is 12.1 Å². The largest absolute Gasteiger partial charge is 0.383 e. The summed E-state index contributed by atoms with van der Waals surface area (Å²) in [4.78, 5) is 7.15. The van der Waals surface area contributed by atoms with Gasteiger partial charge in [0.2, 0.25) is 0 Å². The van der Waals surface area contributed by atoms with E-state index in [1.165, 1.54) is 0 Å². The van der Waals surface area contributed by atoms with Crippen molar-refractivity contribution in [3.05, 3.63) is 12.1 Å². The topological polar surface area (TPSA) is 51.4 Å². The number of thiol groups is 1. The van der Waals surface area contributed by atoms with Crippen LogP contribution in [0, 0.1) is 0 Å². The van der Waals surface area contributed by atoms with Crippen LogP contribution in [0.1, 0.15) is 0 Å². The molecule has 1 aromatic heterocycles. The van der Waals surface area contributed by atoms with E-state index in [2.05, 4.69) is 22.5 Å². The lowest BCUT2D eigenvalue weighted by atomic mass is 10.3. The van der Waals surface area contributed by atoms with E-state index >= 15 is 0 Å². The quantitative estimate of drug-likeness (QED) is 0.674. The Balaban J connectivity index is 2.18. The predicted octanol–water partition coefficient (Wildman–Crippen LogP) is 0.789. The summed E-state index contributed by atoms with van der Waals surface area (Å²) in [7, 11) is 0. The number of nitrogens with two attached hydrogens (primary N) is 1. The summed E-state index contributed by atoms with van der Waals surface area (Å²) in [5.74, 6) is 1.39. The summed E-state index contributed by atoms with van der Waals surface area (Å²) in [5.41, 5.74) is 5.68. The van der Waals surface area contributed by atoms with Gasteiger partial charge in [-0.1, -0.05) is 0 Å². The van der Waals surface area contributed by atoms with Crippen LogP contribution in [0.4, 0.5) is 11.6 Å². The molecular weight excluding hydrogens is 198 g/mol. The van der Waals surface area contributed by atoms with Crippen molar-refractivity contribution in [1.29, 1.82) is 0 Å². The van der Waals surface area contributed by atoms with Crippen molar-refractivity contribution in [1.82, 2.24) is 4.98 Å². The maximum atomic E-state index is 5.68. The summed E-state index contributed by atoms with van der Waals surface area (Å²) in [6.07, 6.45) is 0. The van der Waals surface area contributed by atoms with Crippen LogP contribution in [-0.2, 0) is 4.74 Å². The Kier molecular flexibility index (Phi) is 2.79. The van der Waals surface area contributed by atoms with Crippen molar-refractivity contribution in [2.75, 3.05) is 36.9 Å². The molecule has 1 aliphatic heterocycles. The molecule has 0 unspecified atom stereocenters. The Morgan fingerprint density at radius 1 is 1.36 bits per heavy atom. The van der Waals surface area contributed by atoms with Gasteiger partial charge in [-0.25, -0.2) is 4.98 Å². The number of anilines is 2. The molecule has 1 aliphatic rings. The average molecular weight is 211 g/mol. The SMILES string of the molecule is Nc1nc(N2CCOCC2)ccc1S. The summed E-state index contributed by atoms with van der Waals surface area (Å²) < 4.78 is 5.26. The molecule has 0 atom stereocenters. The van der Waals surface area contributed by atoms with Crippen LogP contribution in [0.3, 0.4) is 0 Å². The summed E-state index contributed by atoms with van der Waals surface area (Å²) in [5, 5.41) is 0. The number of morpholine rings is 1. The highest BCUT2D eigenvalue weighted by atomic mass is 32.1. The molecular formula is C9H13N3OS. The average Bonchev–Trinajstić information content (AvgIpc) is 2.23. The first-order valence-corrected chi connectivity index (χ1v) is 5.00. The summed E-state index contributed by atoms with van der Waals surface area (Å²) in [6, 6.07) is 3.81. The molecule has 0 amide bonds. The van der Waals surface area contributed by atoms with Crippen LogP contribution in [0.5, 0.6) is 0 Å². The van der Waals surface area contributed by atoms with Gasteiger partial charge in [-0.2, -0.15) is 0 Å². The number of hydrogen-bond acceptors (Lipinski definition) is 5. The lowest BCUT2D eigenvalue weighted by Crippen LogP contribution is -2.36. The third kappa shape index (κ3) is 1.93. The number of pyridine rings is 1. The first kappa shape index (κ1) is 9.61. The zero-order chi connectivity index (χ0) is 9.97. The Hall–Kier alpha value is -0.940. The van der Waals surface area contributed by atoms with Crippen molar-refractivity contribution < 1.29 is 4.74 Å². The Labute approximate surface area is 88.5 Å². The van der Waals surface area contributed by atoms with Crippen molar-refractivity contribution >= 4 is 24.3 Å². The smallest absolute Gasteiger partial charge is 0.139 e. The van der Waals surface area contributed by atoms with Gasteiger partial charge < -0.3 is 15.4 Å². The highest BCUT2D eigenvalue weighted by Crippen LogP contribution is 2.19. The molecule has 0 spiro atoms. The zero-order valence-corrected chi connectivity index (χ0v) is 8.70. The van der Waals surface area contributed by atoms with Gasteiger partial charge >= 0.3 is 0 Å². The van der Waals surface area contributed by atoms with E-state index in [4.69, 9.17) is 10.5 Å². The molecule has 0 saturated carbocycles. The number of rotatable bonds is 1. The molecule has 0 bridgehead atoms. The van der Waals surface area contributed by atoms with Crippen molar-refractivity contribution in [3.63, 3.8) is 0 Å². The molecule has 0 radical (unpaired) electrons. The first-order chi connectivity index (χ1) is 6.77. The summed E-state index contributed by atoms with van der Waals surface area (Å²) in [6.45, 7) is 3.26. The first-order valence-electron chi connectivity index (χ1n) is 4.55. The van der Waals surface area contributed by atoms with Gasteiger partial charge in [0.25, 0.3) is 0 Å². The normalized spacial score (nSPS) is 17.1. The Morgan fingerprint density at radius 3 is 2.71 bits per heavy atom. The molecule has 5 heteroatoms. The van der Waals surface area contributed by atoms with Gasteiger partial charge in [0.1, 0.15) is 11.6 Å². The maximum absolute atomic E-state index is 5.68. The molecule has 0 aliphatic carbocycles. The van der Waals surface area contributed by atoms with Crippen LogP contribution in [0.25, 0.3) is 0 Å². The van der Waals surface area contributed by atoms with Crippen LogP contribution in [-0.4, -0.2) is 31.3 Å². The third-order valence-corrected chi connectivity index (χ3v) is 2.60. The van der Waals surface area contributed by atoms with Gasteiger partial charge in [-0.15, -0.1) is 12.6 Å². The summed E-state index contributed by atoms with van der Waals surface area (Å²) >= 11 is 4.18. The lowest BCUT2D eigenvalue weighted by Gasteiger charge is -2.27. The second-order valence-corrected chi connectivity index (χ2v) is 3.66. The number of nitrogens with zero attached hydrogens (tertiary/aromatic N) is 2. The zero-order valence-electron chi connectivity index (χ0n) is 7.81. The monoisotopic (exact) mass is 211 g/mol. The van der Waals surface area contributed by atoms with Crippen LogP contribution >= 0.6 is 12.6 Å². The molecule has 2 N–H and O–H groups in total. The molecule has 76 valence electrons. The molecule has 14 heavy (non-hydrogen) atoms.